The molecule has 0 fully saturated rings. The van der Waals surface area contributed by atoms with Gasteiger partial charge in [0, 0.05) is 44.0 Å². The Morgan fingerprint density at radius 2 is 1.19 bits per heavy atom. The first kappa shape index (κ1) is 12.6. The molecule has 3 heteroatoms. The molecule has 0 saturated heterocycles. The van der Waals surface area contributed by atoms with E-state index in [0.29, 0.717) is 0 Å². The lowest BCUT2D eigenvalue weighted by molar-refractivity contribution is 1.34. The molecule has 104 valence electrons. The monoisotopic (exact) mass is 292 g/mol. The predicted octanol–water partition coefficient (Wildman–Crippen LogP) is 5.42. The van der Waals surface area contributed by atoms with Gasteiger partial charge < -0.3 is 9.97 Å². The highest BCUT2D eigenvalue weighted by molar-refractivity contribution is 7.99. The maximum absolute atomic E-state index is 3.30. The molecule has 0 unspecified atom stereocenters. The smallest absolute Gasteiger partial charge is 0.0484 e. The summed E-state index contributed by atoms with van der Waals surface area (Å²) in [4.78, 5) is 9.16. The quantitative estimate of drug-likeness (QED) is 0.508. The number of aromatic nitrogens is 2. The van der Waals surface area contributed by atoms with Crippen molar-refractivity contribution in [3.63, 3.8) is 0 Å². The predicted molar refractivity (Wildman–Crippen MR) is 90.2 cm³/mol. The molecule has 0 aliphatic carbocycles. The molecule has 21 heavy (non-hydrogen) atoms. The van der Waals surface area contributed by atoms with E-state index in [9.17, 15) is 0 Å². The molecular formula is C18H16N2S. The molecular weight excluding hydrogens is 276 g/mol. The van der Waals surface area contributed by atoms with Crippen LogP contribution in [-0.2, 0) is 0 Å². The Labute approximate surface area is 127 Å². The minimum Gasteiger partial charge on any atom is -0.361 e. The summed E-state index contributed by atoms with van der Waals surface area (Å²) in [6.45, 7) is 4.31. The first-order valence-corrected chi connectivity index (χ1v) is 7.86. The van der Waals surface area contributed by atoms with Gasteiger partial charge >= 0.3 is 0 Å². The van der Waals surface area contributed by atoms with Gasteiger partial charge in [0.2, 0.25) is 0 Å². The maximum atomic E-state index is 3.30. The minimum absolute atomic E-state index is 1.23. The number of aryl methyl sites for hydroxylation is 2. The maximum Gasteiger partial charge on any atom is 0.0484 e. The van der Waals surface area contributed by atoms with Crippen molar-refractivity contribution in [1.82, 2.24) is 9.97 Å². The van der Waals surface area contributed by atoms with Crippen molar-refractivity contribution in [3.8, 4) is 0 Å². The van der Waals surface area contributed by atoms with Crippen LogP contribution in [0.15, 0.2) is 58.6 Å². The fourth-order valence-corrected chi connectivity index (χ4v) is 4.02. The van der Waals surface area contributed by atoms with E-state index < -0.39 is 0 Å². The van der Waals surface area contributed by atoms with E-state index in [4.69, 9.17) is 0 Å². The second-order valence-electron chi connectivity index (χ2n) is 5.47. The standard InChI is InChI=1S/C18H16N2S/c1-11-7-15(9-13-3-5-19-17(11)13)21-16-8-12(2)18-14(10-16)4-6-20-18/h3-10,19-20H,1-2H3. The van der Waals surface area contributed by atoms with Crippen LogP contribution < -0.4 is 0 Å². The van der Waals surface area contributed by atoms with Crippen molar-refractivity contribution < 1.29 is 0 Å². The largest absolute Gasteiger partial charge is 0.361 e. The molecule has 4 rings (SSSR count). The highest BCUT2D eigenvalue weighted by atomic mass is 32.2. The van der Waals surface area contributed by atoms with E-state index in [1.54, 1.807) is 0 Å². The summed E-state index contributed by atoms with van der Waals surface area (Å²) in [5, 5.41) is 2.55. The van der Waals surface area contributed by atoms with Crippen LogP contribution in [0.25, 0.3) is 21.8 Å². The molecule has 2 aromatic heterocycles. The van der Waals surface area contributed by atoms with Crippen LogP contribution >= 0.6 is 11.8 Å². The Bertz CT molecular complexity index is 868. The Morgan fingerprint density at radius 1 is 0.714 bits per heavy atom. The van der Waals surface area contributed by atoms with E-state index in [-0.39, 0.29) is 0 Å². The Kier molecular flexibility index (Phi) is 2.82. The van der Waals surface area contributed by atoms with Gasteiger partial charge in [-0.3, -0.25) is 0 Å². The number of hydrogen-bond acceptors (Lipinski definition) is 1. The average Bonchev–Trinajstić information content (AvgIpc) is 3.07. The van der Waals surface area contributed by atoms with Gasteiger partial charge in [0.05, 0.1) is 0 Å². The van der Waals surface area contributed by atoms with Gasteiger partial charge in [0.25, 0.3) is 0 Å². The van der Waals surface area contributed by atoms with Gasteiger partial charge in [0.15, 0.2) is 0 Å². The molecule has 0 saturated carbocycles. The van der Waals surface area contributed by atoms with E-state index >= 15 is 0 Å². The van der Waals surface area contributed by atoms with Crippen LogP contribution in [0.5, 0.6) is 0 Å². The second-order valence-corrected chi connectivity index (χ2v) is 6.61. The van der Waals surface area contributed by atoms with E-state index in [1.807, 2.05) is 24.2 Å². The van der Waals surface area contributed by atoms with Gasteiger partial charge in [0.1, 0.15) is 0 Å². The number of H-pyrrole nitrogens is 2. The number of hydrogen-bond donors (Lipinski definition) is 2. The zero-order valence-electron chi connectivity index (χ0n) is 12.0. The van der Waals surface area contributed by atoms with Crippen molar-refractivity contribution in [2.75, 3.05) is 0 Å². The van der Waals surface area contributed by atoms with Gasteiger partial charge in [-0.25, -0.2) is 0 Å². The topological polar surface area (TPSA) is 31.6 Å². The van der Waals surface area contributed by atoms with Gasteiger partial charge in [-0.1, -0.05) is 11.8 Å². The molecule has 0 spiro atoms. The number of nitrogens with one attached hydrogen (secondary N) is 2. The van der Waals surface area contributed by atoms with Crippen LogP contribution in [0.3, 0.4) is 0 Å². The first-order chi connectivity index (χ1) is 10.2. The summed E-state index contributed by atoms with van der Waals surface area (Å²) in [5.74, 6) is 0. The van der Waals surface area contributed by atoms with Crippen molar-refractivity contribution in [3.05, 3.63) is 59.9 Å². The molecule has 2 N–H and O–H groups in total. The lowest BCUT2D eigenvalue weighted by atomic mass is 10.2. The lowest BCUT2D eigenvalue weighted by Crippen LogP contribution is -1.82. The fourth-order valence-electron chi connectivity index (χ4n) is 2.90. The lowest BCUT2D eigenvalue weighted by Gasteiger charge is -2.06. The normalized spacial score (nSPS) is 11.5. The molecule has 0 aliphatic heterocycles. The number of fused-ring (bicyclic) bond motifs is 2. The Balaban J connectivity index is 1.78. The van der Waals surface area contributed by atoms with E-state index in [2.05, 4.69) is 60.2 Å². The zero-order valence-corrected chi connectivity index (χ0v) is 12.8. The Morgan fingerprint density at radius 3 is 1.67 bits per heavy atom. The number of benzene rings is 2. The summed E-state index contributed by atoms with van der Waals surface area (Å²) < 4.78 is 0. The van der Waals surface area contributed by atoms with Crippen molar-refractivity contribution in [2.24, 2.45) is 0 Å². The number of rotatable bonds is 2. The summed E-state index contributed by atoms with van der Waals surface area (Å²) in [6.07, 6.45) is 4.00. The van der Waals surface area contributed by atoms with Gasteiger partial charge in [-0.2, -0.15) is 0 Å². The zero-order chi connectivity index (χ0) is 14.4. The van der Waals surface area contributed by atoms with Crippen LogP contribution in [0.1, 0.15) is 11.1 Å². The first-order valence-electron chi connectivity index (χ1n) is 7.04. The molecule has 2 aromatic carbocycles. The highest BCUT2D eigenvalue weighted by Crippen LogP contribution is 2.34. The average molecular weight is 292 g/mol. The molecule has 4 aromatic rings. The van der Waals surface area contributed by atoms with Crippen LogP contribution in [0, 0.1) is 13.8 Å². The third-order valence-electron chi connectivity index (χ3n) is 3.90. The molecule has 2 nitrogen and oxygen atoms in total. The van der Waals surface area contributed by atoms with Crippen LogP contribution in [-0.4, -0.2) is 9.97 Å². The molecule has 2 heterocycles. The summed E-state index contributed by atoms with van der Waals surface area (Å²) in [6, 6.07) is 13.3. The van der Waals surface area contributed by atoms with E-state index in [0.717, 1.165) is 0 Å². The van der Waals surface area contributed by atoms with Crippen molar-refractivity contribution >= 4 is 33.6 Å². The second kappa shape index (κ2) is 4.71. The third kappa shape index (κ3) is 2.14. The summed E-state index contributed by atoms with van der Waals surface area (Å²) >= 11 is 1.82. The van der Waals surface area contributed by atoms with Crippen LogP contribution in [0.4, 0.5) is 0 Å². The SMILES string of the molecule is Cc1cc(Sc2cc(C)c3[nH]ccc3c2)cc2cc[nH]c12. The van der Waals surface area contributed by atoms with Gasteiger partial charge in [-0.15, -0.1) is 0 Å². The minimum atomic E-state index is 1.23. The molecule has 0 amide bonds. The molecule has 0 radical (unpaired) electrons. The molecule has 0 atom stereocenters. The Hall–Kier alpha value is -2.13. The highest BCUT2D eigenvalue weighted by Gasteiger charge is 2.06. The summed E-state index contributed by atoms with van der Waals surface area (Å²) in [7, 11) is 0. The molecule has 0 aliphatic rings. The molecule has 0 bridgehead atoms. The van der Waals surface area contributed by atoms with E-state index in [1.165, 1.54) is 42.7 Å². The third-order valence-corrected chi connectivity index (χ3v) is 4.84. The summed E-state index contributed by atoms with van der Waals surface area (Å²) in [5.41, 5.74) is 5.05. The van der Waals surface area contributed by atoms with Crippen LogP contribution in [0.2, 0.25) is 0 Å². The van der Waals surface area contributed by atoms with Crippen molar-refractivity contribution in [1.29, 1.82) is 0 Å². The fraction of sp³-hybridized carbons (Fsp3) is 0.111. The van der Waals surface area contributed by atoms with Gasteiger partial charge in [-0.05, 0) is 61.4 Å². The number of aromatic amines is 2. The van der Waals surface area contributed by atoms with Crippen molar-refractivity contribution in [2.45, 2.75) is 23.6 Å².